The van der Waals surface area contributed by atoms with Crippen molar-refractivity contribution in [3.8, 4) is 0 Å². The van der Waals surface area contributed by atoms with Gasteiger partial charge < -0.3 is 0 Å². The van der Waals surface area contributed by atoms with E-state index in [4.69, 9.17) is 0 Å². The normalized spacial score (nSPS) is 10.0. The fraction of sp³-hybridized carbons (Fsp3) is 0. The summed E-state index contributed by atoms with van der Waals surface area (Å²) >= 11 is 7.34. The Balaban J connectivity index is 3.28. The molecule has 0 radical (unpaired) electrons. The lowest BCUT2D eigenvalue weighted by Gasteiger charge is -1.97. The Bertz CT molecular complexity index is 212. The molecular formula is C6H2BrFI2. The molecule has 0 saturated heterocycles. The van der Waals surface area contributed by atoms with E-state index in [1.54, 1.807) is 6.07 Å². The van der Waals surface area contributed by atoms with Gasteiger partial charge in [0.1, 0.15) is 5.82 Å². The van der Waals surface area contributed by atoms with E-state index in [1.165, 1.54) is 6.07 Å². The average molecular weight is 427 g/mol. The van der Waals surface area contributed by atoms with Gasteiger partial charge in [0.05, 0.1) is 0 Å². The lowest BCUT2D eigenvalue weighted by Crippen LogP contribution is -1.83. The van der Waals surface area contributed by atoms with Crippen LogP contribution in [0.5, 0.6) is 0 Å². The van der Waals surface area contributed by atoms with Crippen LogP contribution in [0.25, 0.3) is 0 Å². The zero-order valence-electron chi connectivity index (χ0n) is 4.67. The monoisotopic (exact) mass is 426 g/mol. The summed E-state index contributed by atoms with van der Waals surface area (Å²) in [6, 6.07) is 3.27. The molecule has 54 valence electrons. The lowest BCUT2D eigenvalue weighted by atomic mass is 10.4. The van der Waals surface area contributed by atoms with Crippen molar-refractivity contribution in [1.29, 1.82) is 0 Å². The van der Waals surface area contributed by atoms with Crippen LogP contribution in [0.2, 0.25) is 0 Å². The van der Waals surface area contributed by atoms with E-state index in [1.807, 2.05) is 22.6 Å². The predicted molar refractivity (Wildman–Crippen MR) is 59.5 cm³/mol. The summed E-state index contributed by atoms with van der Waals surface area (Å²) in [6.45, 7) is 0. The van der Waals surface area contributed by atoms with Gasteiger partial charge in [-0.15, -0.1) is 0 Å². The summed E-state index contributed by atoms with van der Waals surface area (Å²) in [5, 5.41) is 0. The minimum absolute atomic E-state index is 0.159. The molecule has 1 rings (SSSR count). The highest BCUT2D eigenvalue weighted by Gasteiger charge is 2.02. The van der Waals surface area contributed by atoms with Gasteiger partial charge in [-0.05, 0) is 73.2 Å². The SMILES string of the molecule is Fc1cc(I)c(Br)cc1I. The largest absolute Gasteiger partial charge is 0.206 e. The quantitative estimate of drug-likeness (QED) is 0.437. The van der Waals surface area contributed by atoms with Gasteiger partial charge in [0.2, 0.25) is 0 Å². The fourth-order valence-electron chi connectivity index (χ4n) is 0.498. The van der Waals surface area contributed by atoms with Gasteiger partial charge in [-0.3, -0.25) is 0 Å². The lowest BCUT2D eigenvalue weighted by molar-refractivity contribution is 0.619. The zero-order chi connectivity index (χ0) is 7.72. The van der Waals surface area contributed by atoms with Gasteiger partial charge in [-0.25, -0.2) is 4.39 Å². The number of benzene rings is 1. The Morgan fingerprint density at radius 1 is 1.20 bits per heavy atom. The first-order chi connectivity index (χ1) is 4.61. The van der Waals surface area contributed by atoms with Gasteiger partial charge in [0.25, 0.3) is 0 Å². The second kappa shape index (κ2) is 3.66. The van der Waals surface area contributed by atoms with E-state index in [0.29, 0.717) is 3.57 Å². The molecule has 0 aliphatic heterocycles. The van der Waals surface area contributed by atoms with E-state index in [9.17, 15) is 4.39 Å². The third-order valence-corrected chi connectivity index (χ3v) is 4.08. The van der Waals surface area contributed by atoms with Crippen molar-refractivity contribution < 1.29 is 4.39 Å². The molecule has 0 nitrogen and oxygen atoms in total. The second-order valence-corrected chi connectivity index (χ2v) is 4.86. The maximum absolute atomic E-state index is 12.7. The maximum Gasteiger partial charge on any atom is 0.137 e. The molecule has 0 atom stereocenters. The van der Waals surface area contributed by atoms with Crippen molar-refractivity contribution in [3.63, 3.8) is 0 Å². The second-order valence-electron chi connectivity index (χ2n) is 1.68. The summed E-state index contributed by atoms with van der Waals surface area (Å²) in [5.74, 6) is -0.159. The van der Waals surface area contributed by atoms with Crippen molar-refractivity contribution in [1.82, 2.24) is 0 Å². The van der Waals surface area contributed by atoms with Crippen molar-refractivity contribution in [2.75, 3.05) is 0 Å². The minimum Gasteiger partial charge on any atom is -0.206 e. The van der Waals surface area contributed by atoms with E-state index in [-0.39, 0.29) is 5.82 Å². The van der Waals surface area contributed by atoms with Crippen LogP contribution in [0, 0.1) is 13.0 Å². The number of rotatable bonds is 0. The Hall–Kier alpha value is 1.09. The molecule has 0 spiro atoms. The van der Waals surface area contributed by atoms with Crippen LogP contribution >= 0.6 is 61.1 Å². The van der Waals surface area contributed by atoms with Crippen molar-refractivity contribution in [3.05, 3.63) is 29.6 Å². The zero-order valence-corrected chi connectivity index (χ0v) is 10.6. The van der Waals surface area contributed by atoms with Crippen LogP contribution < -0.4 is 0 Å². The van der Waals surface area contributed by atoms with Gasteiger partial charge in [0, 0.05) is 11.6 Å². The molecule has 0 saturated carbocycles. The molecule has 0 amide bonds. The molecule has 0 aromatic heterocycles. The summed E-state index contributed by atoms with van der Waals surface area (Å²) in [7, 11) is 0. The molecule has 4 heteroatoms. The minimum atomic E-state index is -0.159. The standard InChI is InChI=1S/C6H2BrFI2/c7-3-1-6(10)4(8)2-5(3)9/h1-2H. The van der Waals surface area contributed by atoms with E-state index in [2.05, 4.69) is 38.5 Å². The Morgan fingerprint density at radius 3 is 2.30 bits per heavy atom. The molecule has 1 aromatic rings. The molecular weight excluding hydrogens is 425 g/mol. The van der Waals surface area contributed by atoms with E-state index < -0.39 is 0 Å². The van der Waals surface area contributed by atoms with Gasteiger partial charge in [-0.2, -0.15) is 0 Å². The highest BCUT2D eigenvalue weighted by molar-refractivity contribution is 14.1. The Labute approximate surface area is 94.0 Å². The molecule has 0 fully saturated rings. The highest BCUT2D eigenvalue weighted by atomic mass is 127. The Morgan fingerprint density at radius 2 is 1.80 bits per heavy atom. The molecule has 0 bridgehead atoms. The summed E-state index contributed by atoms with van der Waals surface area (Å²) < 4.78 is 15.2. The summed E-state index contributed by atoms with van der Waals surface area (Å²) in [6.07, 6.45) is 0. The van der Waals surface area contributed by atoms with Gasteiger partial charge in [-0.1, -0.05) is 0 Å². The molecule has 0 N–H and O–H groups in total. The molecule has 0 unspecified atom stereocenters. The van der Waals surface area contributed by atoms with Crippen molar-refractivity contribution >= 4 is 61.1 Å². The number of hydrogen-bond acceptors (Lipinski definition) is 0. The summed E-state index contributed by atoms with van der Waals surface area (Å²) in [4.78, 5) is 0. The predicted octanol–water partition coefficient (Wildman–Crippen LogP) is 3.80. The van der Waals surface area contributed by atoms with Gasteiger partial charge >= 0.3 is 0 Å². The molecule has 0 heterocycles. The average Bonchev–Trinajstić information content (AvgIpc) is 1.84. The van der Waals surface area contributed by atoms with Crippen molar-refractivity contribution in [2.45, 2.75) is 0 Å². The van der Waals surface area contributed by atoms with E-state index in [0.717, 1.165) is 8.04 Å². The van der Waals surface area contributed by atoms with Gasteiger partial charge in [0.15, 0.2) is 0 Å². The Kier molecular flexibility index (Phi) is 3.36. The first-order valence-corrected chi connectivity index (χ1v) is 5.36. The fourth-order valence-corrected chi connectivity index (χ4v) is 2.17. The molecule has 10 heavy (non-hydrogen) atoms. The third kappa shape index (κ3) is 2.04. The van der Waals surface area contributed by atoms with Crippen LogP contribution in [0.4, 0.5) is 4.39 Å². The van der Waals surface area contributed by atoms with Crippen molar-refractivity contribution in [2.24, 2.45) is 0 Å². The number of halogens is 4. The van der Waals surface area contributed by atoms with Crippen LogP contribution in [0.15, 0.2) is 16.6 Å². The number of hydrogen-bond donors (Lipinski definition) is 0. The van der Waals surface area contributed by atoms with E-state index >= 15 is 0 Å². The molecule has 1 aromatic carbocycles. The smallest absolute Gasteiger partial charge is 0.137 e. The maximum atomic E-state index is 12.7. The van der Waals surface area contributed by atoms with Crippen LogP contribution in [-0.4, -0.2) is 0 Å². The highest BCUT2D eigenvalue weighted by Crippen LogP contribution is 2.23. The molecule has 0 aliphatic rings. The first-order valence-electron chi connectivity index (χ1n) is 2.41. The van der Waals surface area contributed by atoms with Crippen LogP contribution in [0.3, 0.4) is 0 Å². The van der Waals surface area contributed by atoms with Crippen LogP contribution in [-0.2, 0) is 0 Å². The third-order valence-electron chi connectivity index (χ3n) is 0.963. The van der Waals surface area contributed by atoms with Crippen LogP contribution in [0.1, 0.15) is 0 Å². The summed E-state index contributed by atoms with van der Waals surface area (Å²) in [5.41, 5.74) is 0. The topological polar surface area (TPSA) is 0 Å². The first kappa shape index (κ1) is 9.18. The molecule has 0 aliphatic carbocycles.